The zero-order valence-corrected chi connectivity index (χ0v) is 8.87. The van der Waals surface area contributed by atoms with Crippen LogP contribution in [0.1, 0.15) is 31.4 Å². The predicted octanol–water partition coefficient (Wildman–Crippen LogP) is 1.70. The van der Waals surface area contributed by atoms with E-state index in [0.29, 0.717) is 0 Å². The van der Waals surface area contributed by atoms with Gasteiger partial charge in [-0.05, 0) is 25.3 Å². The molecule has 1 aromatic heterocycles. The van der Waals surface area contributed by atoms with E-state index < -0.39 is 0 Å². The molecule has 3 nitrogen and oxygen atoms in total. The van der Waals surface area contributed by atoms with Crippen LogP contribution in [0.4, 0.5) is 0 Å². The number of nitrogens with zero attached hydrogens (tertiary/aromatic N) is 2. The van der Waals surface area contributed by atoms with Crippen LogP contribution in [0.3, 0.4) is 0 Å². The first-order valence-corrected chi connectivity index (χ1v) is 5.52. The third-order valence-electron chi connectivity index (χ3n) is 3.13. The summed E-state index contributed by atoms with van der Waals surface area (Å²) in [6, 6.07) is 0. The highest BCUT2D eigenvalue weighted by atomic mass is 15.0. The van der Waals surface area contributed by atoms with Crippen LogP contribution in [0.2, 0.25) is 0 Å². The fourth-order valence-electron chi connectivity index (χ4n) is 2.17. The van der Waals surface area contributed by atoms with Gasteiger partial charge in [0.05, 0.1) is 12.0 Å². The number of aromatic nitrogens is 2. The molecule has 0 radical (unpaired) electrons. The van der Waals surface area contributed by atoms with Crippen LogP contribution in [0.25, 0.3) is 0 Å². The molecule has 0 aliphatic heterocycles. The average molecular weight is 193 g/mol. The van der Waals surface area contributed by atoms with E-state index in [1.54, 1.807) is 0 Å². The zero-order chi connectivity index (χ0) is 9.80. The summed E-state index contributed by atoms with van der Waals surface area (Å²) in [4.78, 5) is 4.10. The molecule has 0 unspecified atom stereocenters. The first-order chi connectivity index (χ1) is 6.86. The standard InChI is InChI=1S/C11H19N3/c1-14-9-13-8-11(14)7-12-6-10-4-2-3-5-10/h8-10,12H,2-7H2,1H3. The minimum atomic E-state index is 0.920. The molecule has 14 heavy (non-hydrogen) atoms. The Morgan fingerprint density at radius 2 is 2.29 bits per heavy atom. The van der Waals surface area contributed by atoms with Crippen molar-refractivity contribution in [3.63, 3.8) is 0 Å². The third-order valence-corrected chi connectivity index (χ3v) is 3.13. The van der Waals surface area contributed by atoms with Gasteiger partial charge in [-0.2, -0.15) is 0 Å². The molecule has 1 aromatic rings. The lowest BCUT2D eigenvalue weighted by atomic mass is 10.1. The summed E-state index contributed by atoms with van der Waals surface area (Å²) in [5.74, 6) is 0.920. The molecular weight excluding hydrogens is 174 g/mol. The van der Waals surface area contributed by atoms with Crippen molar-refractivity contribution in [2.45, 2.75) is 32.2 Å². The topological polar surface area (TPSA) is 29.9 Å². The Morgan fingerprint density at radius 1 is 1.50 bits per heavy atom. The Balaban J connectivity index is 1.70. The number of rotatable bonds is 4. The minimum Gasteiger partial charge on any atom is -0.337 e. The SMILES string of the molecule is Cn1cncc1CNCC1CCCC1. The van der Waals surface area contributed by atoms with Crippen LogP contribution in [0.15, 0.2) is 12.5 Å². The summed E-state index contributed by atoms with van der Waals surface area (Å²) in [5.41, 5.74) is 1.27. The summed E-state index contributed by atoms with van der Waals surface area (Å²) in [7, 11) is 2.04. The van der Waals surface area contributed by atoms with Crippen molar-refractivity contribution in [2.75, 3.05) is 6.54 Å². The molecule has 1 aliphatic carbocycles. The van der Waals surface area contributed by atoms with Crippen molar-refractivity contribution in [1.29, 1.82) is 0 Å². The first kappa shape index (κ1) is 9.71. The van der Waals surface area contributed by atoms with Gasteiger partial charge in [0.25, 0.3) is 0 Å². The lowest BCUT2D eigenvalue weighted by molar-refractivity contribution is 0.484. The number of hydrogen-bond donors (Lipinski definition) is 1. The average Bonchev–Trinajstić information content (AvgIpc) is 2.78. The molecular formula is C11H19N3. The van der Waals surface area contributed by atoms with Gasteiger partial charge in [0.1, 0.15) is 0 Å². The van der Waals surface area contributed by atoms with E-state index in [0.717, 1.165) is 12.5 Å². The molecule has 78 valence electrons. The fraction of sp³-hybridized carbons (Fsp3) is 0.727. The lowest BCUT2D eigenvalue weighted by Gasteiger charge is -2.10. The van der Waals surface area contributed by atoms with Crippen LogP contribution in [0.5, 0.6) is 0 Å². The lowest BCUT2D eigenvalue weighted by Crippen LogP contribution is -2.21. The van der Waals surface area contributed by atoms with E-state index >= 15 is 0 Å². The summed E-state index contributed by atoms with van der Waals surface area (Å²) < 4.78 is 2.07. The summed E-state index contributed by atoms with van der Waals surface area (Å²) in [6.45, 7) is 2.12. The van der Waals surface area contributed by atoms with Crippen LogP contribution in [-0.2, 0) is 13.6 Å². The zero-order valence-electron chi connectivity index (χ0n) is 8.87. The van der Waals surface area contributed by atoms with Crippen LogP contribution in [0, 0.1) is 5.92 Å². The third kappa shape index (κ3) is 2.35. The smallest absolute Gasteiger partial charge is 0.0945 e. The van der Waals surface area contributed by atoms with Gasteiger partial charge in [-0.1, -0.05) is 12.8 Å². The van der Waals surface area contributed by atoms with Crippen LogP contribution in [-0.4, -0.2) is 16.1 Å². The largest absolute Gasteiger partial charge is 0.337 e. The first-order valence-electron chi connectivity index (χ1n) is 5.52. The van der Waals surface area contributed by atoms with Gasteiger partial charge in [-0.15, -0.1) is 0 Å². The molecule has 0 bridgehead atoms. The molecule has 0 aromatic carbocycles. The van der Waals surface area contributed by atoms with Crippen molar-refractivity contribution < 1.29 is 0 Å². The second kappa shape index (κ2) is 4.60. The summed E-state index contributed by atoms with van der Waals surface area (Å²) in [6.07, 6.45) is 9.47. The monoisotopic (exact) mass is 193 g/mol. The highest BCUT2D eigenvalue weighted by Gasteiger charge is 2.13. The van der Waals surface area contributed by atoms with Gasteiger partial charge >= 0.3 is 0 Å². The normalized spacial score (nSPS) is 17.8. The molecule has 1 heterocycles. The number of hydrogen-bond acceptors (Lipinski definition) is 2. The molecule has 1 fully saturated rings. The second-order valence-corrected chi connectivity index (χ2v) is 4.28. The minimum absolute atomic E-state index is 0.920. The Kier molecular flexibility index (Phi) is 3.19. The molecule has 1 aliphatic rings. The Labute approximate surface area is 85.5 Å². The van der Waals surface area contributed by atoms with Crippen molar-refractivity contribution in [3.8, 4) is 0 Å². The quantitative estimate of drug-likeness (QED) is 0.788. The van der Waals surface area contributed by atoms with Gasteiger partial charge in [0.2, 0.25) is 0 Å². The second-order valence-electron chi connectivity index (χ2n) is 4.28. The number of nitrogens with one attached hydrogen (secondary N) is 1. The van der Waals surface area contributed by atoms with E-state index in [4.69, 9.17) is 0 Å². The van der Waals surface area contributed by atoms with Crippen molar-refractivity contribution in [1.82, 2.24) is 14.9 Å². The number of aryl methyl sites for hydroxylation is 1. The van der Waals surface area contributed by atoms with Crippen molar-refractivity contribution >= 4 is 0 Å². The molecule has 0 spiro atoms. The van der Waals surface area contributed by atoms with Crippen LogP contribution >= 0.6 is 0 Å². The molecule has 2 rings (SSSR count). The Hall–Kier alpha value is -0.830. The summed E-state index contributed by atoms with van der Waals surface area (Å²) >= 11 is 0. The van der Waals surface area contributed by atoms with Gasteiger partial charge in [-0.3, -0.25) is 0 Å². The maximum Gasteiger partial charge on any atom is 0.0945 e. The molecule has 0 atom stereocenters. The van der Waals surface area contributed by atoms with Crippen LogP contribution < -0.4 is 5.32 Å². The van der Waals surface area contributed by atoms with E-state index in [-0.39, 0.29) is 0 Å². The van der Waals surface area contributed by atoms with Gasteiger partial charge in [0.15, 0.2) is 0 Å². The molecule has 0 saturated heterocycles. The van der Waals surface area contributed by atoms with E-state index in [1.165, 1.54) is 37.9 Å². The van der Waals surface area contributed by atoms with Gasteiger partial charge < -0.3 is 9.88 Å². The highest BCUT2D eigenvalue weighted by Crippen LogP contribution is 2.23. The van der Waals surface area contributed by atoms with Crippen molar-refractivity contribution in [3.05, 3.63) is 18.2 Å². The molecule has 0 amide bonds. The fourth-order valence-corrected chi connectivity index (χ4v) is 2.17. The maximum absolute atomic E-state index is 4.10. The van der Waals surface area contributed by atoms with Gasteiger partial charge in [0, 0.05) is 19.8 Å². The van der Waals surface area contributed by atoms with E-state index in [2.05, 4.69) is 14.9 Å². The van der Waals surface area contributed by atoms with Gasteiger partial charge in [-0.25, -0.2) is 4.98 Å². The molecule has 1 N–H and O–H groups in total. The van der Waals surface area contributed by atoms with Crippen molar-refractivity contribution in [2.24, 2.45) is 13.0 Å². The highest BCUT2D eigenvalue weighted by molar-refractivity contribution is 4.96. The van der Waals surface area contributed by atoms with E-state index in [9.17, 15) is 0 Å². The molecule has 1 saturated carbocycles. The molecule has 3 heteroatoms. The maximum atomic E-state index is 4.10. The number of imidazole rings is 1. The van der Waals surface area contributed by atoms with E-state index in [1.807, 2.05) is 19.6 Å². The summed E-state index contributed by atoms with van der Waals surface area (Å²) in [5, 5.41) is 3.51. The Bertz CT molecular complexity index is 274. The predicted molar refractivity (Wildman–Crippen MR) is 56.9 cm³/mol. The Morgan fingerprint density at radius 3 is 2.93 bits per heavy atom.